The van der Waals surface area contributed by atoms with Crippen LogP contribution in [0.4, 0.5) is 0 Å². The first-order chi connectivity index (χ1) is 7.70. The minimum absolute atomic E-state index is 0.226. The number of fused-ring (bicyclic) bond motifs is 3. The van der Waals surface area contributed by atoms with Gasteiger partial charge in [0.25, 0.3) is 0 Å². The average Bonchev–Trinajstić information content (AvgIpc) is 2.80. The Morgan fingerprint density at radius 1 is 1.31 bits per heavy atom. The summed E-state index contributed by atoms with van der Waals surface area (Å²) in [4.78, 5) is 14.9. The summed E-state index contributed by atoms with van der Waals surface area (Å²) in [5, 5.41) is 1.14. The van der Waals surface area contributed by atoms with Gasteiger partial charge in [-0.25, -0.2) is 0 Å². The maximum Gasteiger partial charge on any atom is 0.179 e. The van der Waals surface area contributed by atoms with Crippen molar-refractivity contribution in [1.29, 1.82) is 0 Å². The number of carbonyl (C=O) groups excluding carboxylic acids is 1. The molecular formula is C13H13NO2. The quantitative estimate of drug-likeness (QED) is 0.794. The van der Waals surface area contributed by atoms with Gasteiger partial charge in [0.15, 0.2) is 5.78 Å². The van der Waals surface area contributed by atoms with Crippen LogP contribution in [0.1, 0.15) is 28.0 Å². The lowest BCUT2D eigenvalue weighted by Crippen LogP contribution is -1.91. The number of hydrogen-bond acceptors (Lipinski definition) is 2. The SMILES string of the molecule is COc1cc(C)c2[nH]c3c(c2c1)CCC3=O. The van der Waals surface area contributed by atoms with Gasteiger partial charge < -0.3 is 9.72 Å². The predicted molar refractivity (Wildman–Crippen MR) is 62.2 cm³/mol. The van der Waals surface area contributed by atoms with Crippen LogP contribution in [0.2, 0.25) is 0 Å². The van der Waals surface area contributed by atoms with Crippen molar-refractivity contribution in [3.63, 3.8) is 0 Å². The molecule has 3 nitrogen and oxygen atoms in total. The number of carbonyl (C=O) groups is 1. The Kier molecular flexibility index (Phi) is 1.84. The number of nitrogens with one attached hydrogen (secondary N) is 1. The first-order valence-electron chi connectivity index (χ1n) is 5.43. The number of rotatable bonds is 1. The van der Waals surface area contributed by atoms with Crippen LogP contribution in [0.5, 0.6) is 5.75 Å². The first-order valence-corrected chi connectivity index (χ1v) is 5.43. The molecule has 82 valence electrons. The highest BCUT2D eigenvalue weighted by atomic mass is 16.5. The summed E-state index contributed by atoms with van der Waals surface area (Å²) in [5.41, 5.74) is 4.14. The van der Waals surface area contributed by atoms with Crippen molar-refractivity contribution in [3.8, 4) is 5.75 Å². The number of aromatic nitrogens is 1. The molecule has 0 saturated carbocycles. The zero-order chi connectivity index (χ0) is 11.3. The highest BCUT2D eigenvalue weighted by Crippen LogP contribution is 2.34. The van der Waals surface area contributed by atoms with Crippen LogP contribution < -0.4 is 4.74 Å². The number of benzene rings is 1. The Hall–Kier alpha value is -1.77. The standard InChI is InChI=1S/C13H13NO2/c1-7-5-8(16-2)6-10-9-3-4-11(15)13(9)14-12(7)10/h5-6,14H,3-4H2,1-2H3. The van der Waals surface area contributed by atoms with Crippen molar-refractivity contribution in [1.82, 2.24) is 4.98 Å². The van der Waals surface area contributed by atoms with Crippen molar-refractivity contribution >= 4 is 16.7 Å². The molecule has 0 unspecified atom stereocenters. The largest absolute Gasteiger partial charge is 0.497 e. The van der Waals surface area contributed by atoms with E-state index in [2.05, 4.69) is 4.98 Å². The fourth-order valence-electron chi connectivity index (χ4n) is 2.47. The van der Waals surface area contributed by atoms with Crippen LogP contribution in [0.25, 0.3) is 10.9 Å². The maximum atomic E-state index is 11.6. The molecule has 0 saturated heterocycles. The summed E-state index contributed by atoms with van der Waals surface area (Å²) in [5.74, 6) is 1.08. The van der Waals surface area contributed by atoms with Crippen LogP contribution >= 0.6 is 0 Å². The zero-order valence-electron chi connectivity index (χ0n) is 9.39. The van der Waals surface area contributed by atoms with Crippen LogP contribution in [0.3, 0.4) is 0 Å². The molecule has 0 fully saturated rings. The van der Waals surface area contributed by atoms with Crippen LogP contribution in [-0.2, 0) is 6.42 Å². The van der Waals surface area contributed by atoms with Gasteiger partial charge >= 0.3 is 0 Å². The summed E-state index contributed by atoms with van der Waals surface area (Å²) in [6.07, 6.45) is 1.48. The summed E-state index contributed by atoms with van der Waals surface area (Å²) >= 11 is 0. The lowest BCUT2D eigenvalue weighted by Gasteiger charge is -2.03. The Morgan fingerprint density at radius 2 is 2.12 bits per heavy atom. The number of ketones is 1. The predicted octanol–water partition coefficient (Wildman–Crippen LogP) is 2.61. The number of H-pyrrole nitrogens is 1. The molecule has 1 aliphatic carbocycles. The molecule has 16 heavy (non-hydrogen) atoms. The molecule has 3 heteroatoms. The molecule has 1 N–H and O–H groups in total. The molecule has 0 amide bonds. The van der Waals surface area contributed by atoms with Gasteiger partial charge in [-0.1, -0.05) is 0 Å². The molecule has 1 heterocycles. The van der Waals surface area contributed by atoms with E-state index in [4.69, 9.17) is 4.74 Å². The van der Waals surface area contributed by atoms with Gasteiger partial charge in [0.1, 0.15) is 5.75 Å². The molecule has 1 aromatic heterocycles. The second-order valence-corrected chi connectivity index (χ2v) is 4.27. The molecule has 0 spiro atoms. The number of Topliss-reactive ketones (excluding diaryl/α,β-unsaturated/α-hetero) is 1. The third-order valence-corrected chi connectivity index (χ3v) is 3.30. The lowest BCUT2D eigenvalue weighted by atomic mass is 10.1. The van der Waals surface area contributed by atoms with E-state index in [-0.39, 0.29) is 5.78 Å². The fraction of sp³-hybridized carbons (Fsp3) is 0.308. The number of ether oxygens (including phenoxy) is 1. The first kappa shape index (κ1) is 9.46. The topological polar surface area (TPSA) is 42.1 Å². The van der Waals surface area contributed by atoms with Gasteiger partial charge in [0.05, 0.1) is 12.8 Å². The normalized spacial score (nSPS) is 14.5. The van der Waals surface area contributed by atoms with E-state index >= 15 is 0 Å². The Balaban J connectivity index is 2.37. The Labute approximate surface area is 93.4 Å². The number of methoxy groups -OCH3 is 1. The van der Waals surface area contributed by atoms with Gasteiger partial charge in [0, 0.05) is 17.3 Å². The molecule has 1 aromatic carbocycles. The summed E-state index contributed by atoms with van der Waals surface area (Å²) < 4.78 is 5.26. The third-order valence-electron chi connectivity index (χ3n) is 3.30. The molecule has 0 bridgehead atoms. The number of hydrogen-bond donors (Lipinski definition) is 1. The maximum absolute atomic E-state index is 11.6. The van der Waals surface area contributed by atoms with E-state index in [0.29, 0.717) is 6.42 Å². The Morgan fingerprint density at radius 3 is 2.88 bits per heavy atom. The molecule has 2 aromatic rings. The van der Waals surface area contributed by atoms with Crippen LogP contribution in [0, 0.1) is 6.92 Å². The number of aromatic amines is 1. The second kappa shape index (κ2) is 3.11. The number of aryl methyl sites for hydroxylation is 2. The summed E-state index contributed by atoms with van der Waals surface area (Å²) in [6.45, 7) is 2.03. The van der Waals surface area contributed by atoms with Crippen molar-refractivity contribution in [2.24, 2.45) is 0 Å². The third kappa shape index (κ3) is 1.11. The van der Waals surface area contributed by atoms with Gasteiger partial charge in [-0.15, -0.1) is 0 Å². The van der Waals surface area contributed by atoms with Crippen LogP contribution in [-0.4, -0.2) is 17.9 Å². The lowest BCUT2D eigenvalue weighted by molar-refractivity contribution is 0.0991. The van der Waals surface area contributed by atoms with E-state index in [9.17, 15) is 4.79 Å². The average molecular weight is 215 g/mol. The van der Waals surface area contributed by atoms with Gasteiger partial charge in [0.2, 0.25) is 0 Å². The highest BCUT2D eigenvalue weighted by molar-refractivity contribution is 6.06. The van der Waals surface area contributed by atoms with Crippen LogP contribution in [0.15, 0.2) is 12.1 Å². The van der Waals surface area contributed by atoms with Crippen molar-refractivity contribution in [2.75, 3.05) is 7.11 Å². The fourth-order valence-corrected chi connectivity index (χ4v) is 2.47. The molecule has 0 radical (unpaired) electrons. The molecule has 0 aliphatic heterocycles. The van der Waals surface area contributed by atoms with E-state index < -0.39 is 0 Å². The molecule has 1 aliphatic rings. The van der Waals surface area contributed by atoms with E-state index in [0.717, 1.165) is 39.9 Å². The minimum atomic E-state index is 0.226. The monoisotopic (exact) mass is 215 g/mol. The van der Waals surface area contributed by atoms with Gasteiger partial charge in [-0.3, -0.25) is 4.79 Å². The molecular weight excluding hydrogens is 202 g/mol. The minimum Gasteiger partial charge on any atom is -0.497 e. The van der Waals surface area contributed by atoms with E-state index in [1.54, 1.807) is 7.11 Å². The zero-order valence-corrected chi connectivity index (χ0v) is 9.39. The summed E-state index contributed by atoms with van der Waals surface area (Å²) in [7, 11) is 1.67. The van der Waals surface area contributed by atoms with Crippen molar-refractivity contribution in [3.05, 3.63) is 29.0 Å². The molecule has 0 atom stereocenters. The van der Waals surface area contributed by atoms with Crippen molar-refractivity contribution < 1.29 is 9.53 Å². The summed E-state index contributed by atoms with van der Waals surface area (Å²) in [6, 6.07) is 3.99. The van der Waals surface area contributed by atoms with E-state index in [1.165, 1.54) is 0 Å². The van der Waals surface area contributed by atoms with Gasteiger partial charge in [-0.05, 0) is 36.6 Å². The van der Waals surface area contributed by atoms with Crippen molar-refractivity contribution in [2.45, 2.75) is 19.8 Å². The molecule has 3 rings (SSSR count). The Bertz CT molecular complexity index is 595. The smallest absolute Gasteiger partial charge is 0.179 e. The van der Waals surface area contributed by atoms with Gasteiger partial charge in [-0.2, -0.15) is 0 Å². The second-order valence-electron chi connectivity index (χ2n) is 4.27. The van der Waals surface area contributed by atoms with E-state index in [1.807, 2.05) is 19.1 Å². The highest BCUT2D eigenvalue weighted by Gasteiger charge is 2.24.